The molecule has 0 atom stereocenters. The fourth-order valence-electron chi connectivity index (χ4n) is 1.73. The molecule has 0 aliphatic carbocycles. The molecule has 0 bridgehead atoms. The lowest BCUT2D eigenvalue weighted by molar-refractivity contribution is 0.533. The molecule has 9 heteroatoms. The standard InChI is InChI=1S/C12H13BrFN5OS/c1-5(2)19-11(20)17-18-12(19)21-7-4-3-6(10(15)16)8(13)9(7)14/h3-5H,1-2H3,(H3,15,16)(H,17,20). The summed E-state index contributed by atoms with van der Waals surface area (Å²) in [5.74, 6) is -0.769. The van der Waals surface area contributed by atoms with E-state index in [1.54, 1.807) is 6.07 Å². The summed E-state index contributed by atoms with van der Waals surface area (Å²) in [5.41, 5.74) is 5.31. The molecule has 0 fully saturated rings. The zero-order valence-electron chi connectivity index (χ0n) is 11.3. The van der Waals surface area contributed by atoms with E-state index in [1.165, 1.54) is 10.6 Å². The monoisotopic (exact) mass is 373 g/mol. The van der Waals surface area contributed by atoms with Gasteiger partial charge in [-0.3, -0.25) is 9.98 Å². The number of aromatic amines is 1. The fraction of sp³-hybridized carbons (Fsp3) is 0.250. The van der Waals surface area contributed by atoms with Gasteiger partial charge in [0.05, 0.1) is 9.37 Å². The minimum atomic E-state index is -0.543. The van der Waals surface area contributed by atoms with E-state index in [-0.39, 0.29) is 32.5 Å². The van der Waals surface area contributed by atoms with Crippen molar-refractivity contribution in [3.05, 3.63) is 38.5 Å². The Labute approximate surface area is 132 Å². The number of hydrogen-bond donors (Lipinski definition) is 3. The van der Waals surface area contributed by atoms with Gasteiger partial charge in [0.2, 0.25) is 0 Å². The van der Waals surface area contributed by atoms with Crippen LogP contribution in [0, 0.1) is 11.2 Å². The molecular weight excluding hydrogens is 361 g/mol. The topological polar surface area (TPSA) is 101 Å². The molecule has 0 aliphatic heterocycles. The highest BCUT2D eigenvalue weighted by Crippen LogP contribution is 2.33. The van der Waals surface area contributed by atoms with Crippen LogP contribution in [0.15, 0.2) is 31.5 Å². The molecule has 21 heavy (non-hydrogen) atoms. The Morgan fingerprint density at radius 2 is 2.24 bits per heavy atom. The summed E-state index contributed by atoms with van der Waals surface area (Å²) >= 11 is 4.12. The predicted octanol–water partition coefficient (Wildman–Crippen LogP) is 2.49. The normalized spacial score (nSPS) is 11.1. The van der Waals surface area contributed by atoms with E-state index >= 15 is 0 Å². The van der Waals surface area contributed by atoms with Crippen molar-refractivity contribution < 1.29 is 4.39 Å². The second kappa shape index (κ2) is 6.02. The summed E-state index contributed by atoms with van der Waals surface area (Å²) < 4.78 is 15.9. The number of nitrogens with one attached hydrogen (secondary N) is 2. The molecule has 2 aromatic rings. The van der Waals surface area contributed by atoms with E-state index in [9.17, 15) is 9.18 Å². The molecule has 0 saturated carbocycles. The van der Waals surface area contributed by atoms with E-state index in [0.29, 0.717) is 5.16 Å². The van der Waals surface area contributed by atoms with Crippen LogP contribution < -0.4 is 11.4 Å². The molecule has 0 spiro atoms. The van der Waals surface area contributed by atoms with Gasteiger partial charge in [-0.2, -0.15) is 0 Å². The summed E-state index contributed by atoms with van der Waals surface area (Å²) in [6, 6.07) is 2.95. The first-order chi connectivity index (χ1) is 9.82. The molecule has 1 heterocycles. The van der Waals surface area contributed by atoms with Crippen LogP contribution in [0.5, 0.6) is 0 Å². The SMILES string of the molecule is CC(C)n1c(Sc2ccc(C(=N)N)c(Br)c2F)n[nH]c1=O. The van der Waals surface area contributed by atoms with Crippen LogP contribution in [-0.4, -0.2) is 20.6 Å². The molecule has 0 radical (unpaired) electrons. The molecule has 4 N–H and O–H groups in total. The minimum absolute atomic E-state index is 0.0956. The largest absolute Gasteiger partial charge is 0.384 e. The van der Waals surface area contributed by atoms with Gasteiger partial charge in [-0.15, -0.1) is 5.10 Å². The lowest BCUT2D eigenvalue weighted by Crippen LogP contribution is -2.19. The van der Waals surface area contributed by atoms with Crippen molar-refractivity contribution in [2.75, 3.05) is 0 Å². The zero-order valence-corrected chi connectivity index (χ0v) is 13.7. The third kappa shape index (κ3) is 3.03. The van der Waals surface area contributed by atoms with E-state index in [4.69, 9.17) is 11.1 Å². The average molecular weight is 374 g/mol. The lowest BCUT2D eigenvalue weighted by atomic mass is 10.2. The Bertz CT molecular complexity index is 755. The molecule has 112 valence electrons. The van der Waals surface area contributed by atoms with Crippen molar-refractivity contribution in [2.45, 2.75) is 29.9 Å². The molecule has 0 amide bonds. The fourth-order valence-corrected chi connectivity index (χ4v) is 3.43. The summed E-state index contributed by atoms with van der Waals surface area (Å²) in [4.78, 5) is 11.9. The second-order valence-corrected chi connectivity index (χ2v) is 6.33. The zero-order chi connectivity index (χ0) is 15.7. The number of nitrogens with two attached hydrogens (primary N) is 1. The number of hydrogen-bond acceptors (Lipinski definition) is 4. The van der Waals surface area contributed by atoms with Crippen molar-refractivity contribution in [3.63, 3.8) is 0 Å². The minimum Gasteiger partial charge on any atom is -0.384 e. The number of nitrogen functional groups attached to an aromatic ring is 1. The molecular formula is C12H13BrFN5OS. The average Bonchev–Trinajstić information content (AvgIpc) is 2.76. The summed E-state index contributed by atoms with van der Waals surface area (Å²) in [7, 11) is 0. The molecule has 0 saturated heterocycles. The summed E-state index contributed by atoms with van der Waals surface area (Å²) in [5, 5.41) is 14.0. The van der Waals surface area contributed by atoms with Gasteiger partial charge >= 0.3 is 5.69 Å². The lowest BCUT2D eigenvalue weighted by Gasteiger charge is -2.10. The smallest absolute Gasteiger partial charge is 0.344 e. The van der Waals surface area contributed by atoms with Gasteiger partial charge in [0.25, 0.3) is 0 Å². The quantitative estimate of drug-likeness (QED) is 0.565. The van der Waals surface area contributed by atoms with Crippen molar-refractivity contribution >= 4 is 33.5 Å². The first-order valence-electron chi connectivity index (χ1n) is 6.00. The highest BCUT2D eigenvalue weighted by molar-refractivity contribution is 9.10. The Morgan fingerprint density at radius 1 is 1.57 bits per heavy atom. The Morgan fingerprint density at radius 3 is 2.81 bits per heavy atom. The van der Waals surface area contributed by atoms with Gasteiger partial charge in [-0.1, -0.05) is 0 Å². The van der Waals surface area contributed by atoms with Crippen LogP contribution in [0.3, 0.4) is 0 Å². The maximum absolute atomic E-state index is 14.3. The molecule has 0 aliphatic rings. The van der Waals surface area contributed by atoms with E-state index in [1.807, 2.05) is 13.8 Å². The van der Waals surface area contributed by atoms with Crippen LogP contribution in [0.1, 0.15) is 25.5 Å². The van der Waals surface area contributed by atoms with Crippen molar-refractivity contribution in [3.8, 4) is 0 Å². The Hall–Kier alpha value is -1.61. The van der Waals surface area contributed by atoms with Crippen molar-refractivity contribution in [2.24, 2.45) is 5.73 Å². The van der Waals surface area contributed by atoms with Gasteiger partial charge in [0.15, 0.2) is 11.0 Å². The number of halogens is 2. The summed E-state index contributed by atoms with van der Waals surface area (Å²) in [6.45, 7) is 3.68. The highest BCUT2D eigenvalue weighted by atomic mass is 79.9. The Kier molecular flexibility index (Phi) is 4.52. The number of H-pyrrole nitrogens is 1. The highest BCUT2D eigenvalue weighted by Gasteiger charge is 2.18. The maximum atomic E-state index is 14.3. The van der Waals surface area contributed by atoms with Crippen molar-refractivity contribution in [1.82, 2.24) is 14.8 Å². The predicted molar refractivity (Wildman–Crippen MR) is 82.5 cm³/mol. The van der Waals surface area contributed by atoms with Crippen LogP contribution in [-0.2, 0) is 0 Å². The number of amidine groups is 1. The van der Waals surface area contributed by atoms with Gasteiger partial charge in [-0.25, -0.2) is 14.3 Å². The second-order valence-electron chi connectivity index (χ2n) is 4.53. The maximum Gasteiger partial charge on any atom is 0.344 e. The molecule has 1 aromatic heterocycles. The number of nitrogens with zero attached hydrogens (tertiary/aromatic N) is 2. The summed E-state index contributed by atoms with van der Waals surface area (Å²) in [6.07, 6.45) is 0. The van der Waals surface area contributed by atoms with Crippen LogP contribution in [0.4, 0.5) is 4.39 Å². The van der Waals surface area contributed by atoms with Gasteiger partial charge in [0.1, 0.15) is 5.84 Å². The van der Waals surface area contributed by atoms with Crippen molar-refractivity contribution in [1.29, 1.82) is 5.41 Å². The first kappa shape index (κ1) is 15.8. The van der Waals surface area contributed by atoms with Gasteiger partial charge in [-0.05, 0) is 53.7 Å². The number of benzene rings is 1. The van der Waals surface area contributed by atoms with E-state index < -0.39 is 5.82 Å². The third-order valence-corrected chi connectivity index (χ3v) is 4.51. The van der Waals surface area contributed by atoms with Gasteiger partial charge in [0, 0.05) is 11.6 Å². The van der Waals surface area contributed by atoms with Crippen LogP contribution in [0.25, 0.3) is 0 Å². The van der Waals surface area contributed by atoms with Crippen LogP contribution in [0.2, 0.25) is 0 Å². The third-order valence-electron chi connectivity index (χ3n) is 2.73. The number of aromatic nitrogens is 3. The van der Waals surface area contributed by atoms with E-state index in [0.717, 1.165) is 11.8 Å². The molecule has 2 rings (SSSR count). The van der Waals surface area contributed by atoms with Crippen LogP contribution >= 0.6 is 27.7 Å². The molecule has 1 aromatic carbocycles. The molecule has 0 unspecified atom stereocenters. The number of rotatable bonds is 4. The molecule has 6 nitrogen and oxygen atoms in total. The Balaban J connectivity index is 2.44. The first-order valence-corrected chi connectivity index (χ1v) is 7.61. The van der Waals surface area contributed by atoms with Gasteiger partial charge < -0.3 is 5.73 Å². The van der Waals surface area contributed by atoms with E-state index in [2.05, 4.69) is 26.1 Å².